The summed E-state index contributed by atoms with van der Waals surface area (Å²) in [6, 6.07) is 0. The third kappa shape index (κ3) is 23.5. The number of hydrogen-bond acceptors (Lipinski definition) is 8. The van der Waals surface area contributed by atoms with Crippen LogP contribution in [0.3, 0.4) is 0 Å². The molecule has 0 saturated carbocycles. The highest BCUT2D eigenvalue weighted by Gasteiger charge is 2.20. The second-order valence-electron chi connectivity index (χ2n) is 5.05. The Morgan fingerprint density at radius 1 is 0.538 bits per heavy atom. The molecule has 8 nitrogen and oxygen atoms in total. The van der Waals surface area contributed by atoms with Gasteiger partial charge in [0.2, 0.25) is 0 Å². The minimum atomic E-state index is -3.12. The third-order valence-electron chi connectivity index (χ3n) is 2.68. The molecule has 0 aromatic rings. The molecule has 0 unspecified atom stereocenters. The van der Waals surface area contributed by atoms with Gasteiger partial charge >= 0.3 is 6.11 Å². The van der Waals surface area contributed by atoms with Gasteiger partial charge in [0.25, 0.3) is 0 Å². The molecule has 0 heterocycles. The van der Waals surface area contributed by atoms with Crippen molar-refractivity contribution < 1.29 is 47.0 Å². The molecule has 0 spiro atoms. The smallest absolute Gasteiger partial charge is 0.353 e. The fourth-order valence-corrected chi connectivity index (χ4v) is 1.55. The molecule has 0 aliphatic carbocycles. The SMILES string of the molecule is CC(F)(F)OCCOCCOCCOCCOCCOCCOCCO. The van der Waals surface area contributed by atoms with E-state index in [0.717, 1.165) is 0 Å². The number of ether oxygens (including phenoxy) is 7. The molecule has 0 fully saturated rings. The highest BCUT2D eigenvalue weighted by molar-refractivity contribution is 4.40. The standard InChI is InChI=1S/C16H32F2O8/c1-16(17,18)26-15-14-25-13-12-24-11-10-23-9-8-22-7-6-21-5-4-20-3-2-19/h19H,2-15H2,1H3. The molecule has 0 aromatic heterocycles. The molecule has 26 heavy (non-hydrogen) atoms. The first kappa shape index (κ1) is 25.5. The number of halogens is 2. The lowest BCUT2D eigenvalue weighted by molar-refractivity contribution is -0.229. The predicted molar refractivity (Wildman–Crippen MR) is 88.6 cm³/mol. The maximum Gasteiger partial charge on any atom is 0.353 e. The van der Waals surface area contributed by atoms with Crippen LogP contribution in [0.15, 0.2) is 0 Å². The molecular formula is C16H32F2O8. The van der Waals surface area contributed by atoms with Crippen LogP contribution in [0.2, 0.25) is 0 Å². The van der Waals surface area contributed by atoms with Crippen LogP contribution in [0, 0.1) is 0 Å². The zero-order valence-corrected chi connectivity index (χ0v) is 15.5. The highest BCUT2D eigenvalue weighted by Crippen LogP contribution is 2.12. The van der Waals surface area contributed by atoms with Crippen molar-refractivity contribution in [3.63, 3.8) is 0 Å². The summed E-state index contributed by atoms with van der Waals surface area (Å²) >= 11 is 0. The van der Waals surface area contributed by atoms with Gasteiger partial charge in [-0.25, -0.2) is 0 Å². The van der Waals surface area contributed by atoms with Crippen molar-refractivity contribution in [3.8, 4) is 0 Å². The molecule has 0 saturated heterocycles. The van der Waals surface area contributed by atoms with Crippen molar-refractivity contribution in [2.24, 2.45) is 0 Å². The van der Waals surface area contributed by atoms with Crippen molar-refractivity contribution in [2.45, 2.75) is 13.0 Å². The van der Waals surface area contributed by atoms with Crippen molar-refractivity contribution >= 4 is 0 Å². The van der Waals surface area contributed by atoms with Crippen LogP contribution in [-0.2, 0) is 33.2 Å². The number of hydrogen-bond donors (Lipinski definition) is 1. The van der Waals surface area contributed by atoms with Crippen LogP contribution < -0.4 is 0 Å². The number of rotatable bonds is 21. The van der Waals surface area contributed by atoms with Gasteiger partial charge in [-0.3, -0.25) is 0 Å². The minimum Gasteiger partial charge on any atom is -0.394 e. The van der Waals surface area contributed by atoms with Crippen LogP contribution in [0.25, 0.3) is 0 Å². The van der Waals surface area contributed by atoms with Crippen LogP contribution in [0.4, 0.5) is 8.78 Å². The summed E-state index contributed by atoms with van der Waals surface area (Å²) in [4.78, 5) is 0. The summed E-state index contributed by atoms with van der Waals surface area (Å²) in [6.07, 6.45) is -3.12. The average Bonchev–Trinajstić information content (AvgIpc) is 2.59. The molecule has 1 N–H and O–H groups in total. The van der Waals surface area contributed by atoms with Crippen molar-refractivity contribution in [1.29, 1.82) is 0 Å². The largest absolute Gasteiger partial charge is 0.394 e. The van der Waals surface area contributed by atoms with Crippen LogP contribution in [0.5, 0.6) is 0 Å². The Bertz CT molecular complexity index is 279. The Labute approximate surface area is 153 Å². The molecule has 0 bridgehead atoms. The van der Waals surface area contributed by atoms with E-state index in [-0.39, 0.29) is 19.8 Å². The topological polar surface area (TPSA) is 84.8 Å². The van der Waals surface area contributed by atoms with E-state index >= 15 is 0 Å². The molecule has 0 atom stereocenters. The van der Waals surface area contributed by atoms with Gasteiger partial charge in [0.15, 0.2) is 0 Å². The lowest BCUT2D eigenvalue weighted by Gasteiger charge is -2.11. The highest BCUT2D eigenvalue weighted by atomic mass is 19.3. The van der Waals surface area contributed by atoms with Crippen molar-refractivity contribution in [1.82, 2.24) is 0 Å². The Kier molecular flexibility index (Phi) is 19.0. The summed E-state index contributed by atoms with van der Waals surface area (Å²) in [6.45, 7) is 5.31. The van der Waals surface area contributed by atoms with Gasteiger partial charge in [-0.1, -0.05) is 0 Å². The van der Waals surface area contributed by atoms with Crippen LogP contribution >= 0.6 is 0 Å². The summed E-state index contributed by atoms with van der Waals surface area (Å²) < 4.78 is 60.1. The quantitative estimate of drug-likeness (QED) is 0.287. The Morgan fingerprint density at radius 3 is 1.08 bits per heavy atom. The minimum absolute atomic E-state index is 0.0140. The first-order chi connectivity index (χ1) is 12.6. The molecule has 0 aliphatic rings. The Balaban J connectivity index is 3.01. The molecule has 0 aliphatic heterocycles. The van der Waals surface area contributed by atoms with E-state index in [1.807, 2.05) is 0 Å². The van der Waals surface area contributed by atoms with Gasteiger partial charge in [0.1, 0.15) is 0 Å². The van der Waals surface area contributed by atoms with E-state index in [2.05, 4.69) is 4.74 Å². The molecule has 0 rings (SSSR count). The van der Waals surface area contributed by atoms with Crippen molar-refractivity contribution in [3.05, 3.63) is 0 Å². The van der Waals surface area contributed by atoms with E-state index in [1.165, 1.54) is 0 Å². The Morgan fingerprint density at radius 2 is 0.808 bits per heavy atom. The van der Waals surface area contributed by atoms with E-state index in [4.69, 9.17) is 33.5 Å². The molecule has 0 amide bonds. The third-order valence-corrected chi connectivity index (χ3v) is 2.68. The molecule has 0 radical (unpaired) electrons. The van der Waals surface area contributed by atoms with E-state index in [0.29, 0.717) is 79.6 Å². The zero-order valence-electron chi connectivity index (χ0n) is 15.5. The van der Waals surface area contributed by atoms with Gasteiger partial charge in [0.05, 0.1) is 92.5 Å². The fourth-order valence-electron chi connectivity index (χ4n) is 1.55. The van der Waals surface area contributed by atoms with E-state index in [9.17, 15) is 8.78 Å². The normalized spacial score (nSPS) is 12.0. The first-order valence-corrected chi connectivity index (χ1v) is 8.65. The first-order valence-electron chi connectivity index (χ1n) is 8.65. The van der Waals surface area contributed by atoms with Gasteiger partial charge < -0.3 is 38.3 Å². The molecule has 0 aromatic carbocycles. The van der Waals surface area contributed by atoms with Gasteiger partial charge in [-0.15, -0.1) is 0 Å². The predicted octanol–water partition coefficient (Wildman–Crippen LogP) is 0.708. The summed E-state index contributed by atoms with van der Waals surface area (Å²) in [5.74, 6) is 0. The van der Waals surface area contributed by atoms with Gasteiger partial charge in [0, 0.05) is 6.92 Å². The van der Waals surface area contributed by atoms with Gasteiger partial charge in [-0.2, -0.15) is 8.78 Å². The second-order valence-corrected chi connectivity index (χ2v) is 5.05. The summed E-state index contributed by atoms with van der Waals surface area (Å²) in [5, 5.41) is 8.50. The molecular weight excluding hydrogens is 358 g/mol. The molecule has 158 valence electrons. The lowest BCUT2D eigenvalue weighted by Crippen LogP contribution is -2.19. The van der Waals surface area contributed by atoms with Gasteiger partial charge in [-0.05, 0) is 0 Å². The summed E-state index contributed by atoms with van der Waals surface area (Å²) in [7, 11) is 0. The lowest BCUT2D eigenvalue weighted by atomic mass is 10.6. The van der Waals surface area contributed by atoms with Crippen LogP contribution in [0.1, 0.15) is 6.92 Å². The fraction of sp³-hybridized carbons (Fsp3) is 1.00. The monoisotopic (exact) mass is 390 g/mol. The Hall–Kier alpha value is -0.460. The van der Waals surface area contributed by atoms with E-state index in [1.54, 1.807) is 0 Å². The van der Waals surface area contributed by atoms with Crippen LogP contribution in [-0.4, -0.2) is 104 Å². The molecule has 10 heteroatoms. The number of aliphatic hydroxyl groups excluding tert-OH is 1. The average molecular weight is 390 g/mol. The van der Waals surface area contributed by atoms with Crippen molar-refractivity contribution in [2.75, 3.05) is 92.5 Å². The maximum absolute atomic E-state index is 12.3. The summed E-state index contributed by atoms with van der Waals surface area (Å²) in [5.41, 5.74) is 0. The van der Waals surface area contributed by atoms with E-state index < -0.39 is 6.11 Å². The second kappa shape index (κ2) is 19.3. The zero-order chi connectivity index (χ0) is 19.3. The number of alkyl halides is 2. The maximum atomic E-state index is 12.3. The number of aliphatic hydroxyl groups is 1.